The third-order valence-electron chi connectivity index (χ3n) is 2.39. The van der Waals surface area contributed by atoms with Crippen LogP contribution in [0.25, 0.3) is 21.0 Å². The van der Waals surface area contributed by atoms with Gasteiger partial charge in [-0.1, -0.05) is 0 Å². The highest BCUT2D eigenvalue weighted by molar-refractivity contribution is 7.22. The minimum atomic E-state index is -0.639. The molecule has 0 unspecified atom stereocenters. The number of hydrogen-bond donors (Lipinski definition) is 2. The molecule has 0 saturated heterocycles. The molecule has 0 amide bonds. The van der Waals surface area contributed by atoms with Gasteiger partial charge in [0.05, 0.1) is 16.1 Å². The van der Waals surface area contributed by atoms with Gasteiger partial charge in [0, 0.05) is 6.07 Å². The SMILES string of the molecule is Nc1ccc(N)c2sc(-c3ccc(F)o3)nc12. The van der Waals surface area contributed by atoms with E-state index in [4.69, 9.17) is 15.9 Å². The topological polar surface area (TPSA) is 78.1 Å². The molecule has 3 aromatic rings. The van der Waals surface area contributed by atoms with Crippen molar-refractivity contribution in [1.29, 1.82) is 0 Å². The van der Waals surface area contributed by atoms with E-state index in [1.807, 2.05) is 0 Å². The van der Waals surface area contributed by atoms with Gasteiger partial charge in [0.25, 0.3) is 6.01 Å². The molecule has 2 heterocycles. The molecule has 4 nitrogen and oxygen atoms in total. The van der Waals surface area contributed by atoms with Gasteiger partial charge in [-0.25, -0.2) is 4.98 Å². The van der Waals surface area contributed by atoms with Crippen molar-refractivity contribution in [3.05, 3.63) is 30.3 Å². The molecule has 17 heavy (non-hydrogen) atoms. The summed E-state index contributed by atoms with van der Waals surface area (Å²) in [5, 5.41) is 0.563. The van der Waals surface area contributed by atoms with E-state index in [0.29, 0.717) is 27.7 Å². The summed E-state index contributed by atoms with van der Waals surface area (Å²) >= 11 is 1.33. The van der Waals surface area contributed by atoms with Crippen LogP contribution in [0.15, 0.2) is 28.7 Å². The number of aromatic nitrogens is 1. The molecule has 0 bridgehead atoms. The Morgan fingerprint density at radius 3 is 2.53 bits per heavy atom. The quantitative estimate of drug-likeness (QED) is 0.650. The zero-order chi connectivity index (χ0) is 12.0. The fraction of sp³-hybridized carbons (Fsp3) is 0. The Hall–Kier alpha value is -2.08. The highest BCUT2D eigenvalue weighted by Crippen LogP contribution is 2.36. The van der Waals surface area contributed by atoms with E-state index in [1.54, 1.807) is 12.1 Å². The van der Waals surface area contributed by atoms with Gasteiger partial charge in [-0.2, -0.15) is 4.39 Å². The number of fused-ring (bicyclic) bond motifs is 1. The molecule has 3 rings (SSSR count). The largest absolute Gasteiger partial charge is 0.428 e. The fourth-order valence-electron chi connectivity index (χ4n) is 1.58. The lowest BCUT2D eigenvalue weighted by Gasteiger charge is -1.96. The number of nitrogens with zero attached hydrogens (tertiary/aromatic N) is 1. The van der Waals surface area contributed by atoms with E-state index in [1.165, 1.54) is 23.5 Å². The maximum Gasteiger partial charge on any atom is 0.278 e. The Bertz CT molecular complexity index is 665. The molecule has 0 fully saturated rings. The number of thiazole rings is 1. The number of furan rings is 1. The van der Waals surface area contributed by atoms with E-state index in [9.17, 15) is 4.39 Å². The Kier molecular flexibility index (Phi) is 2.05. The van der Waals surface area contributed by atoms with Crippen LogP contribution in [0.5, 0.6) is 0 Å². The zero-order valence-corrected chi connectivity index (χ0v) is 9.42. The van der Waals surface area contributed by atoms with Crippen molar-refractivity contribution < 1.29 is 8.81 Å². The first-order chi connectivity index (χ1) is 8.15. The number of nitrogen functional groups attached to an aromatic ring is 2. The molecule has 86 valence electrons. The summed E-state index contributed by atoms with van der Waals surface area (Å²) in [7, 11) is 0. The van der Waals surface area contributed by atoms with Gasteiger partial charge in [0.15, 0.2) is 10.8 Å². The summed E-state index contributed by atoms with van der Waals surface area (Å²) in [5.74, 6) is 0.377. The van der Waals surface area contributed by atoms with E-state index in [2.05, 4.69) is 4.98 Å². The first-order valence-electron chi connectivity index (χ1n) is 4.85. The molecule has 0 atom stereocenters. The van der Waals surface area contributed by atoms with Crippen LogP contribution in [0.2, 0.25) is 0 Å². The van der Waals surface area contributed by atoms with Crippen molar-refractivity contribution in [1.82, 2.24) is 4.98 Å². The fourth-order valence-corrected chi connectivity index (χ4v) is 2.57. The second-order valence-corrected chi connectivity index (χ2v) is 4.54. The van der Waals surface area contributed by atoms with Gasteiger partial charge >= 0.3 is 0 Å². The lowest BCUT2D eigenvalue weighted by Crippen LogP contribution is -1.89. The van der Waals surface area contributed by atoms with Crippen LogP contribution in [-0.2, 0) is 0 Å². The summed E-state index contributed by atoms with van der Waals surface area (Å²) in [6.45, 7) is 0. The van der Waals surface area contributed by atoms with Crippen LogP contribution < -0.4 is 11.5 Å². The van der Waals surface area contributed by atoms with Crippen molar-refractivity contribution >= 4 is 32.9 Å². The van der Waals surface area contributed by atoms with Gasteiger partial charge in [-0.3, -0.25) is 0 Å². The van der Waals surface area contributed by atoms with Crippen LogP contribution in [0.1, 0.15) is 0 Å². The highest BCUT2D eigenvalue weighted by atomic mass is 32.1. The second kappa shape index (κ2) is 3.46. The smallest absolute Gasteiger partial charge is 0.278 e. The Morgan fingerprint density at radius 1 is 1.12 bits per heavy atom. The monoisotopic (exact) mass is 249 g/mol. The molecule has 0 aliphatic carbocycles. The number of benzene rings is 1. The van der Waals surface area contributed by atoms with E-state index < -0.39 is 6.01 Å². The van der Waals surface area contributed by atoms with Crippen LogP contribution >= 0.6 is 11.3 Å². The Labute approximate surface area is 99.7 Å². The zero-order valence-electron chi connectivity index (χ0n) is 8.61. The van der Waals surface area contributed by atoms with Gasteiger partial charge in [-0.05, 0) is 18.2 Å². The first kappa shape index (κ1) is 10.1. The second-order valence-electron chi connectivity index (χ2n) is 3.54. The lowest BCUT2D eigenvalue weighted by molar-refractivity contribution is 0.367. The van der Waals surface area contributed by atoms with Crippen molar-refractivity contribution in [3.8, 4) is 10.8 Å². The Balaban J connectivity index is 2.26. The number of hydrogen-bond acceptors (Lipinski definition) is 5. The minimum absolute atomic E-state index is 0.377. The highest BCUT2D eigenvalue weighted by Gasteiger charge is 2.13. The maximum absolute atomic E-state index is 12.8. The molecule has 0 spiro atoms. The van der Waals surface area contributed by atoms with Crippen molar-refractivity contribution in [2.45, 2.75) is 0 Å². The van der Waals surface area contributed by atoms with Crippen LogP contribution in [0, 0.1) is 6.01 Å². The van der Waals surface area contributed by atoms with Crippen LogP contribution in [0.3, 0.4) is 0 Å². The van der Waals surface area contributed by atoms with Crippen molar-refractivity contribution in [2.24, 2.45) is 0 Å². The molecular weight excluding hydrogens is 241 g/mol. The summed E-state index contributed by atoms with van der Waals surface area (Å²) in [5.41, 5.74) is 13.4. The standard InChI is InChI=1S/C11H8FN3OS/c12-8-4-3-7(16-8)11-15-9-5(13)1-2-6(14)10(9)17-11/h1-4H,13-14H2. The molecule has 6 heteroatoms. The maximum atomic E-state index is 12.8. The first-order valence-corrected chi connectivity index (χ1v) is 5.67. The number of halogens is 1. The van der Waals surface area contributed by atoms with Gasteiger partial charge < -0.3 is 15.9 Å². The summed E-state index contributed by atoms with van der Waals surface area (Å²) < 4.78 is 18.5. The van der Waals surface area contributed by atoms with Gasteiger partial charge in [0.2, 0.25) is 0 Å². The predicted molar refractivity (Wildman–Crippen MR) is 66.1 cm³/mol. The van der Waals surface area contributed by atoms with Crippen molar-refractivity contribution in [3.63, 3.8) is 0 Å². The molecule has 0 aliphatic heterocycles. The number of nitrogens with two attached hydrogens (primary N) is 2. The lowest BCUT2D eigenvalue weighted by atomic mass is 10.2. The summed E-state index contributed by atoms with van der Waals surface area (Å²) in [4.78, 5) is 4.31. The average molecular weight is 249 g/mol. The molecular formula is C11H8FN3OS. The average Bonchev–Trinajstić information content (AvgIpc) is 2.90. The molecule has 1 aromatic carbocycles. The normalized spacial score (nSPS) is 11.1. The van der Waals surface area contributed by atoms with Gasteiger partial charge in [0.1, 0.15) is 5.52 Å². The van der Waals surface area contributed by atoms with Crippen LogP contribution in [0.4, 0.5) is 15.8 Å². The van der Waals surface area contributed by atoms with E-state index in [-0.39, 0.29) is 0 Å². The van der Waals surface area contributed by atoms with E-state index in [0.717, 1.165) is 4.70 Å². The molecule has 4 N–H and O–H groups in total. The summed E-state index contributed by atoms with van der Waals surface area (Å²) in [6, 6.07) is 5.56. The number of anilines is 2. The van der Waals surface area contributed by atoms with E-state index >= 15 is 0 Å². The minimum Gasteiger partial charge on any atom is -0.428 e. The molecule has 2 aromatic heterocycles. The predicted octanol–water partition coefficient (Wildman–Crippen LogP) is 2.86. The Morgan fingerprint density at radius 2 is 1.88 bits per heavy atom. The molecule has 0 radical (unpaired) electrons. The number of rotatable bonds is 1. The van der Waals surface area contributed by atoms with Gasteiger partial charge in [-0.15, -0.1) is 11.3 Å². The third-order valence-corrected chi connectivity index (χ3v) is 3.51. The molecule has 0 aliphatic rings. The molecule has 0 saturated carbocycles. The van der Waals surface area contributed by atoms with Crippen molar-refractivity contribution in [2.75, 3.05) is 11.5 Å². The van der Waals surface area contributed by atoms with Crippen LogP contribution in [-0.4, -0.2) is 4.98 Å². The third kappa shape index (κ3) is 1.53. The summed E-state index contributed by atoms with van der Waals surface area (Å²) in [6.07, 6.45) is 0.